The third-order valence-corrected chi connectivity index (χ3v) is 8.90. The Morgan fingerprint density at radius 3 is 2.86 bits per heavy atom. The average molecular weight is 510 g/mol. The number of piperidine rings is 1. The van der Waals surface area contributed by atoms with Crippen molar-refractivity contribution in [1.29, 1.82) is 0 Å². The van der Waals surface area contributed by atoms with Crippen LogP contribution in [0.5, 0.6) is 6.01 Å². The van der Waals surface area contributed by atoms with Gasteiger partial charge in [-0.25, -0.2) is 9.98 Å². The largest absolute Gasteiger partial charge is 0.459 e. The molecular formula is C27H39N7OS. The lowest BCUT2D eigenvalue weighted by Crippen LogP contribution is -2.46. The zero-order valence-corrected chi connectivity index (χ0v) is 22.8. The van der Waals surface area contributed by atoms with E-state index in [0.29, 0.717) is 12.1 Å². The second kappa shape index (κ2) is 10.4. The molecule has 194 valence electrons. The predicted molar refractivity (Wildman–Crippen MR) is 148 cm³/mol. The maximum Gasteiger partial charge on any atom is 0.317 e. The summed E-state index contributed by atoms with van der Waals surface area (Å²) in [4.78, 5) is 19.5. The first kappa shape index (κ1) is 25.0. The maximum atomic E-state index is 6.72. The van der Waals surface area contributed by atoms with Gasteiger partial charge in [0.2, 0.25) is 0 Å². The molecule has 9 heteroatoms. The second-order valence-electron chi connectivity index (χ2n) is 10.7. The number of nitrogens with zero attached hydrogens (tertiary/aromatic N) is 5. The number of rotatable bonds is 6. The summed E-state index contributed by atoms with van der Waals surface area (Å²) in [6.07, 6.45) is 14.7. The molecular weight excluding hydrogens is 470 g/mol. The van der Waals surface area contributed by atoms with Gasteiger partial charge in [-0.2, -0.15) is 4.98 Å². The maximum absolute atomic E-state index is 6.72. The van der Waals surface area contributed by atoms with Gasteiger partial charge in [-0.05, 0) is 84.0 Å². The van der Waals surface area contributed by atoms with Gasteiger partial charge in [-0.3, -0.25) is 4.90 Å². The molecule has 5 rings (SSSR count). The summed E-state index contributed by atoms with van der Waals surface area (Å²) >= 11 is 1.75. The molecule has 1 aliphatic carbocycles. The molecule has 0 amide bonds. The van der Waals surface area contributed by atoms with Crippen LogP contribution >= 0.6 is 11.3 Å². The fourth-order valence-corrected chi connectivity index (χ4v) is 7.26. The van der Waals surface area contributed by atoms with Gasteiger partial charge in [0.25, 0.3) is 0 Å². The lowest BCUT2D eigenvalue weighted by molar-refractivity contribution is 0.112. The standard InChI is InChI=1S/C27H39N7OS/c1-18(21-9-7-15-34(21)4)35-26-29-14-11-19(31-26)16-20-8-5-12-27(32-20)13-6-10-22-23(27)24(28)25(36-22)30-17-33(2)3/h11,14,16-18,21,32H,5-10,12-13,15,28H2,1-4H3/b20-16+,30-17?/t18-,21-,27?/m0/s1. The zero-order valence-electron chi connectivity index (χ0n) is 22.0. The first-order valence-electron chi connectivity index (χ1n) is 13.2. The van der Waals surface area contributed by atoms with Gasteiger partial charge in [0.15, 0.2) is 0 Å². The Morgan fingerprint density at radius 1 is 1.31 bits per heavy atom. The van der Waals surface area contributed by atoms with E-state index >= 15 is 0 Å². The number of hydrogen-bond donors (Lipinski definition) is 2. The minimum Gasteiger partial charge on any atom is -0.459 e. The number of aromatic nitrogens is 2. The topological polar surface area (TPSA) is 91.9 Å². The average Bonchev–Trinajstić information content (AvgIpc) is 3.41. The molecule has 8 nitrogen and oxygen atoms in total. The Morgan fingerprint density at radius 2 is 2.11 bits per heavy atom. The highest BCUT2D eigenvalue weighted by molar-refractivity contribution is 7.16. The molecule has 0 bridgehead atoms. The Balaban J connectivity index is 1.36. The minimum absolute atomic E-state index is 0.0584. The number of likely N-dealkylation sites (tertiary alicyclic amines) is 1. The molecule has 1 unspecified atom stereocenters. The number of aliphatic imine (C=N–C) groups is 1. The highest BCUT2D eigenvalue weighted by Crippen LogP contribution is 2.52. The van der Waals surface area contributed by atoms with E-state index in [0.717, 1.165) is 67.9 Å². The van der Waals surface area contributed by atoms with E-state index < -0.39 is 0 Å². The van der Waals surface area contributed by atoms with Crippen LogP contribution in [-0.2, 0) is 12.0 Å². The SMILES string of the molecule is C[C@H](Oc1nccc(/C=C2\CCCC3(CCCc4sc(N=CN(C)C)c(N)c43)N2)n1)[C@@H]1CCCN1C. The molecule has 3 N–H and O–H groups in total. The second-order valence-corrected chi connectivity index (χ2v) is 11.8. The zero-order chi connectivity index (χ0) is 25.3. The number of nitrogen functional groups attached to an aromatic ring is 1. The van der Waals surface area contributed by atoms with E-state index in [1.54, 1.807) is 17.5 Å². The quantitative estimate of drug-likeness (QED) is 0.436. The normalized spacial score (nSPS) is 26.3. The summed E-state index contributed by atoms with van der Waals surface area (Å²) < 4.78 is 6.17. The Kier molecular flexibility index (Phi) is 7.21. The molecule has 2 aromatic rings. The Labute approximate surface area is 218 Å². The summed E-state index contributed by atoms with van der Waals surface area (Å²) in [5, 5.41) is 4.84. The molecule has 3 atom stereocenters. The Hall–Kier alpha value is -2.65. The number of nitrogens with two attached hydrogens (primary N) is 1. The fourth-order valence-electron chi connectivity index (χ4n) is 6.06. The van der Waals surface area contributed by atoms with Crippen LogP contribution < -0.4 is 15.8 Å². The van der Waals surface area contributed by atoms with E-state index in [4.69, 9.17) is 15.5 Å². The highest BCUT2D eigenvalue weighted by Gasteiger charge is 2.42. The van der Waals surface area contributed by atoms with Crippen molar-refractivity contribution in [2.75, 3.05) is 33.4 Å². The molecule has 2 fully saturated rings. The van der Waals surface area contributed by atoms with Crippen molar-refractivity contribution in [3.05, 3.63) is 34.1 Å². The summed E-state index contributed by atoms with van der Waals surface area (Å²) in [5.41, 5.74) is 10.8. The molecule has 4 heterocycles. The number of anilines is 1. The van der Waals surface area contributed by atoms with E-state index in [-0.39, 0.29) is 11.6 Å². The van der Waals surface area contributed by atoms with E-state index in [9.17, 15) is 0 Å². The Bertz CT molecular complexity index is 1140. The molecule has 0 saturated carbocycles. The smallest absolute Gasteiger partial charge is 0.317 e. The van der Waals surface area contributed by atoms with Crippen molar-refractivity contribution in [1.82, 2.24) is 25.1 Å². The molecule has 2 saturated heterocycles. The van der Waals surface area contributed by atoms with Crippen LogP contribution in [-0.4, -0.2) is 65.9 Å². The van der Waals surface area contributed by atoms with Crippen LogP contribution in [0, 0.1) is 0 Å². The molecule has 3 aliphatic rings. The lowest BCUT2D eigenvalue weighted by Gasteiger charge is -2.43. The molecule has 2 aliphatic heterocycles. The van der Waals surface area contributed by atoms with Gasteiger partial charge in [-0.15, -0.1) is 11.3 Å². The van der Waals surface area contributed by atoms with Crippen molar-refractivity contribution >= 4 is 34.4 Å². The van der Waals surface area contributed by atoms with E-state index in [2.05, 4.69) is 40.2 Å². The van der Waals surface area contributed by atoms with Crippen LogP contribution in [0.3, 0.4) is 0 Å². The van der Waals surface area contributed by atoms with Crippen LogP contribution in [0.4, 0.5) is 10.7 Å². The van der Waals surface area contributed by atoms with Crippen molar-refractivity contribution in [2.24, 2.45) is 4.99 Å². The summed E-state index contributed by atoms with van der Waals surface area (Å²) in [7, 11) is 6.12. The van der Waals surface area contributed by atoms with Crippen LogP contribution in [0.15, 0.2) is 23.0 Å². The van der Waals surface area contributed by atoms with Crippen molar-refractivity contribution in [2.45, 2.75) is 76.0 Å². The van der Waals surface area contributed by atoms with Crippen LogP contribution in [0.25, 0.3) is 6.08 Å². The first-order valence-corrected chi connectivity index (χ1v) is 14.0. The molecule has 0 radical (unpaired) electrons. The molecule has 1 spiro atoms. The number of fused-ring (bicyclic) bond motifs is 2. The minimum atomic E-state index is -0.127. The van der Waals surface area contributed by atoms with Gasteiger partial charge in [0.05, 0.1) is 23.3 Å². The monoisotopic (exact) mass is 509 g/mol. The number of hydrogen-bond acceptors (Lipinski definition) is 8. The first-order chi connectivity index (χ1) is 17.3. The third kappa shape index (κ3) is 5.09. The van der Waals surface area contributed by atoms with E-state index in [1.807, 2.05) is 31.4 Å². The van der Waals surface area contributed by atoms with Crippen molar-refractivity contribution in [3.63, 3.8) is 0 Å². The number of aryl methyl sites for hydroxylation is 1. The van der Waals surface area contributed by atoms with Gasteiger partial charge in [0.1, 0.15) is 11.1 Å². The number of allylic oxidation sites excluding steroid dienone is 1. The molecule has 36 heavy (non-hydrogen) atoms. The fraction of sp³-hybridized carbons (Fsp3) is 0.593. The number of ether oxygens (including phenoxy) is 1. The summed E-state index contributed by atoms with van der Waals surface area (Å²) in [6, 6.07) is 2.82. The summed E-state index contributed by atoms with van der Waals surface area (Å²) in [6.45, 7) is 3.24. The number of nitrogens with one attached hydrogen (secondary N) is 1. The number of thiophene rings is 1. The summed E-state index contributed by atoms with van der Waals surface area (Å²) in [5.74, 6) is 0. The molecule has 2 aromatic heterocycles. The van der Waals surface area contributed by atoms with Gasteiger partial charge < -0.3 is 20.7 Å². The van der Waals surface area contributed by atoms with Crippen molar-refractivity contribution in [3.8, 4) is 6.01 Å². The molecule has 0 aromatic carbocycles. The predicted octanol–water partition coefficient (Wildman–Crippen LogP) is 4.55. The van der Waals surface area contributed by atoms with Gasteiger partial charge in [0, 0.05) is 42.5 Å². The van der Waals surface area contributed by atoms with Crippen molar-refractivity contribution < 1.29 is 4.74 Å². The van der Waals surface area contributed by atoms with Crippen LogP contribution in [0.2, 0.25) is 0 Å². The van der Waals surface area contributed by atoms with E-state index in [1.165, 1.54) is 22.6 Å². The van der Waals surface area contributed by atoms with Gasteiger partial charge in [-0.1, -0.05) is 0 Å². The third-order valence-electron chi connectivity index (χ3n) is 7.73. The van der Waals surface area contributed by atoms with Crippen LogP contribution in [0.1, 0.15) is 68.0 Å². The van der Waals surface area contributed by atoms with Gasteiger partial charge >= 0.3 is 6.01 Å². The number of likely N-dealkylation sites (N-methyl/N-ethyl adjacent to an activating group) is 1. The lowest BCUT2D eigenvalue weighted by atomic mass is 9.73. The highest BCUT2D eigenvalue weighted by atomic mass is 32.1.